The summed E-state index contributed by atoms with van der Waals surface area (Å²) in [6, 6.07) is 9.99. The molecule has 6 unspecified atom stereocenters. The number of nitrogens with one attached hydrogen (secondary N) is 5. The van der Waals surface area contributed by atoms with Gasteiger partial charge in [0.25, 0.3) is 0 Å². The van der Waals surface area contributed by atoms with Gasteiger partial charge in [0, 0.05) is 19.4 Å². The Hall–Kier alpha value is -5.59. The number of aliphatic hydroxyl groups is 2. The standard InChI is InChI=1S/C36H54N10O8/c1-21(2)16-27(44-35(54)29(20-48)46-31(50)24(37)19-47)33(52)45-28(18-23-12-7-4-8-13-23)34(53)42-25(14-9-15-41-36(39)40)32(51)43-26(30(38)49)17-22-10-5-3-6-11-22/h3-8,10-13,21,24-29,47-48H,9,14-20,37H2,1-2H3,(H2,38,49)(H,42,53)(H,43,51)(H,44,54)(H,45,52)(H,46,50)(H4,39,40,41). The highest BCUT2D eigenvalue weighted by molar-refractivity contribution is 5.96. The van der Waals surface area contributed by atoms with Crippen LogP contribution in [0.4, 0.5) is 0 Å². The number of nitrogens with zero attached hydrogens (tertiary/aromatic N) is 1. The number of carbonyl (C=O) groups excluding carboxylic acids is 6. The van der Waals surface area contributed by atoms with Crippen molar-refractivity contribution in [1.29, 1.82) is 0 Å². The van der Waals surface area contributed by atoms with Crippen LogP contribution in [0.3, 0.4) is 0 Å². The fourth-order valence-electron chi connectivity index (χ4n) is 5.25. The zero-order valence-electron chi connectivity index (χ0n) is 30.6. The van der Waals surface area contributed by atoms with Gasteiger partial charge in [-0.1, -0.05) is 74.5 Å². The molecule has 2 aromatic carbocycles. The number of nitrogens with two attached hydrogens (primary N) is 4. The van der Waals surface area contributed by atoms with Gasteiger partial charge in [0.1, 0.15) is 36.3 Å². The topological polar surface area (TPSA) is 319 Å². The third-order valence-corrected chi connectivity index (χ3v) is 8.13. The van der Waals surface area contributed by atoms with E-state index in [9.17, 15) is 33.9 Å². The van der Waals surface area contributed by atoms with Gasteiger partial charge in [-0.05, 0) is 36.3 Å². The molecule has 6 atom stereocenters. The van der Waals surface area contributed by atoms with Gasteiger partial charge in [-0.2, -0.15) is 0 Å². The maximum atomic E-state index is 14.0. The van der Waals surface area contributed by atoms with Crippen LogP contribution in [0.15, 0.2) is 65.7 Å². The van der Waals surface area contributed by atoms with Crippen molar-refractivity contribution in [3.63, 3.8) is 0 Å². The molecule has 15 N–H and O–H groups in total. The van der Waals surface area contributed by atoms with E-state index in [4.69, 9.17) is 28.0 Å². The van der Waals surface area contributed by atoms with Crippen molar-refractivity contribution >= 4 is 41.4 Å². The summed E-state index contributed by atoms with van der Waals surface area (Å²) in [6.07, 6.45) is 0.472. The Balaban J connectivity index is 2.37. The zero-order chi connectivity index (χ0) is 40.2. The summed E-state index contributed by atoms with van der Waals surface area (Å²) in [4.78, 5) is 83.1. The molecule has 0 saturated heterocycles. The number of rotatable bonds is 23. The van der Waals surface area contributed by atoms with Crippen LogP contribution in [0.1, 0.15) is 44.2 Å². The Kier molecular flexibility index (Phi) is 19.1. The summed E-state index contributed by atoms with van der Waals surface area (Å²) >= 11 is 0. The molecule has 6 amide bonds. The second kappa shape index (κ2) is 23.2. The van der Waals surface area contributed by atoms with Crippen molar-refractivity contribution in [1.82, 2.24) is 26.6 Å². The Morgan fingerprint density at radius 2 is 1.06 bits per heavy atom. The molecular weight excluding hydrogens is 700 g/mol. The monoisotopic (exact) mass is 754 g/mol. The van der Waals surface area contributed by atoms with Gasteiger partial charge in [-0.15, -0.1) is 0 Å². The molecule has 0 spiro atoms. The van der Waals surface area contributed by atoms with E-state index in [1.165, 1.54) is 0 Å². The average molecular weight is 755 g/mol. The molecule has 0 aliphatic carbocycles. The molecule has 18 heteroatoms. The largest absolute Gasteiger partial charge is 0.394 e. The minimum absolute atomic E-state index is 0.0185. The first-order chi connectivity index (χ1) is 25.6. The molecule has 0 aliphatic heterocycles. The van der Waals surface area contributed by atoms with Gasteiger partial charge in [0.15, 0.2) is 5.96 Å². The average Bonchev–Trinajstić information content (AvgIpc) is 3.13. The molecule has 0 radical (unpaired) electrons. The number of primary amides is 1. The highest BCUT2D eigenvalue weighted by Gasteiger charge is 2.33. The first-order valence-corrected chi connectivity index (χ1v) is 17.6. The number of benzene rings is 2. The van der Waals surface area contributed by atoms with E-state index in [0.29, 0.717) is 5.56 Å². The van der Waals surface area contributed by atoms with Crippen LogP contribution in [-0.4, -0.2) is 108 Å². The maximum Gasteiger partial charge on any atom is 0.245 e. The van der Waals surface area contributed by atoms with Crippen molar-refractivity contribution in [2.24, 2.45) is 33.8 Å². The molecule has 0 aromatic heterocycles. The maximum absolute atomic E-state index is 14.0. The van der Waals surface area contributed by atoms with Crippen molar-refractivity contribution in [2.45, 2.75) is 82.2 Å². The minimum Gasteiger partial charge on any atom is -0.394 e. The van der Waals surface area contributed by atoms with E-state index in [1.807, 2.05) is 0 Å². The SMILES string of the molecule is CC(C)CC(NC(=O)C(CO)NC(=O)C(N)CO)C(=O)NC(Cc1ccccc1)C(=O)NC(CCCN=C(N)N)C(=O)NC(Cc1ccccc1)C(N)=O. The molecule has 0 saturated carbocycles. The van der Waals surface area contributed by atoms with Gasteiger partial charge in [-0.3, -0.25) is 33.8 Å². The Bertz CT molecular complexity index is 1560. The Morgan fingerprint density at radius 1 is 0.611 bits per heavy atom. The normalized spacial score (nSPS) is 14.3. The van der Waals surface area contributed by atoms with Gasteiger partial charge < -0.3 is 59.7 Å². The number of guanidine groups is 1. The molecule has 0 aliphatic rings. The number of aliphatic imine (C=N–C) groups is 1. The second-order valence-electron chi connectivity index (χ2n) is 13.1. The van der Waals surface area contributed by atoms with Crippen LogP contribution in [-0.2, 0) is 41.6 Å². The molecule has 18 nitrogen and oxygen atoms in total. The number of hydrogen-bond donors (Lipinski definition) is 11. The molecule has 0 heterocycles. The van der Waals surface area contributed by atoms with Crippen LogP contribution in [0.25, 0.3) is 0 Å². The smallest absolute Gasteiger partial charge is 0.245 e. The summed E-state index contributed by atoms with van der Waals surface area (Å²) in [5.74, 6) is -5.10. The van der Waals surface area contributed by atoms with E-state index in [2.05, 4.69) is 31.6 Å². The molecule has 0 bridgehead atoms. The number of aliphatic hydroxyl groups excluding tert-OH is 2. The zero-order valence-corrected chi connectivity index (χ0v) is 30.6. The lowest BCUT2D eigenvalue weighted by Crippen LogP contribution is -2.60. The Labute approximate surface area is 314 Å². The molecule has 2 rings (SSSR count). The summed E-state index contributed by atoms with van der Waals surface area (Å²) in [5.41, 5.74) is 23.4. The van der Waals surface area contributed by atoms with Gasteiger partial charge in [0.05, 0.1) is 13.2 Å². The minimum atomic E-state index is -1.50. The molecule has 54 heavy (non-hydrogen) atoms. The third-order valence-electron chi connectivity index (χ3n) is 8.13. The van der Waals surface area contributed by atoms with Crippen molar-refractivity contribution in [3.8, 4) is 0 Å². The number of carbonyl (C=O) groups is 6. The lowest BCUT2D eigenvalue weighted by atomic mass is 10.00. The Morgan fingerprint density at radius 3 is 1.56 bits per heavy atom. The van der Waals surface area contributed by atoms with Crippen LogP contribution in [0, 0.1) is 5.92 Å². The van der Waals surface area contributed by atoms with Crippen LogP contribution < -0.4 is 49.5 Å². The third kappa shape index (κ3) is 16.0. The summed E-state index contributed by atoms with van der Waals surface area (Å²) in [5, 5.41) is 31.7. The molecular formula is C36H54N10O8. The van der Waals surface area contributed by atoms with E-state index in [1.54, 1.807) is 74.5 Å². The van der Waals surface area contributed by atoms with Gasteiger partial charge in [-0.25, -0.2) is 0 Å². The van der Waals surface area contributed by atoms with E-state index in [0.717, 1.165) is 5.56 Å². The summed E-state index contributed by atoms with van der Waals surface area (Å²) in [7, 11) is 0. The van der Waals surface area contributed by atoms with E-state index in [-0.39, 0.29) is 50.5 Å². The van der Waals surface area contributed by atoms with Gasteiger partial charge in [0.2, 0.25) is 35.4 Å². The quantitative estimate of drug-likeness (QED) is 0.0305. The predicted octanol–water partition coefficient (Wildman–Crippen LogP) is -3.21. The fourth-order valence-corrected chi connectivity index (χ4v) is 5.25. The second-order valence-corrected chi connectivity index (χ2v) is 13.1. The lowest BCUT2D eigenvalue weighted by Gasteiger charge is -2.27. The van der Waals surface area contributed by atoms with Crippen molar-refractivity contribution in [3.05, 3.63) is 71.8 Å². The van der Waals surface area contributed by atoms with E-state index < -0.39 is 84.9 Å². The first-order valence-electron chi connectivity index (χ1n) is 17.6. The van der Waals surface area contributed by atoms with Crippen molar-refractivity contribution in [2.75, 3.05) is 19.8 Å². The lowest BCUT2D eigenvalue weighted by molar-refractivity contribution is -0.135. The van der Waals surface area contributed by atoms with Gasteiger partial charge >= 0.3 is 0 Å². The number of amides is 6. The van der Waals surface area contributed by atoms with Crippen molar-refractivity contribution < 1.29 is 39.0 Å². The summed E-state index contributed by atoms with van der Waals surface area (Å²) < 4.78 is 0. The fraction of sp³-hybridized carbons (Fsp3) is 0.472. The van der Waals surface area contributed by atoms with Crippen LogP contribution in [0.2, 0.25) is 0 Å². The van der Waals surface area contributed by atoms with Crippen LogP contribution >= 0.6 is 0 Å². The molecule has 296 valence electrons. The highest BCUT2D eigenvalue weighted by Crippen LogP contribution is 2.10. The highest BCUT2D eigenvalue weighted by atomic mass is 16.3. The predicted molar refractivity (Wildman–Crippen MR) is 201 cm³/mol. The van der Waals surface area contributed by atoms with Crippen LogP contribution in [0.5, 0.6) is 0 Å². The van der Waals surface area contributed by atoms with E-state index >= 15 is 0 Å². The summed E-state index contributed by atoms with van der Waals surface area (Å²) in [6.45, 7) is 2.20. The molecule has 2 aromatic rings. The molecule has 0 fully saturated rings. The first kappa shape index (κ1) is 44.6. The number of hydrogen-bond acceptors (Lipinski definition) is 10.